The van der Waals surface area contributed by atoms with Gasteiger partial charge >= 0.3 is 0 Å². The van der Waals surface area contributed by atoms with E-state index in [1.807, 2.05) is 4.90 Å². The van der Waals surface area contributed by atoms with Crippen molar-refractivity contribution < 1.29 is 4.79 Å². The summed E-state index contributed by atoms with van der Waals surface area (Å²) in [5, 5.41) is 0.492. The minimum absolute atomic E-state index is 0.0184. The average Bonchev–Trinajstić information content (AvgIpc) is 2.63. The number of aromatic nitrogens is 1. The number of carbonyl (C=O) groups is 1. The van der Waals surface area contributed by atoms with Gasteiger partial charge in [-0.15, -0.1) is 0 Å². The Hall–Kier alpha value is -1.09. The fourth-order valence-electron chi connectivity index (χ4n) is 2.48. The van der Waals surface area contributed by atoms with E-state index in [1.54, 1.807) is 18.5 Å². The topological polar surface area (TPSA) is 33.2 Å². The highest BCUT2D eigenvalue weighted by atomic mass is 35.5. The molecule has 1 saturated heterocycles. The van der Waals surface area contributed by atoms with E-state index in [0.29, 0.717) is 10.6 Å². The van der Waals surface area contributed by atoms with Crippen LogP contribution in [0.2, 0.25) is 5.02 Å². The van der Waals surface area contributed by atoms with Crippen molar-refractivity contribution in [3.63, 3.8) is 0 Å². The van der Waals surface area contributed by atoms with Crippen LogP contribution < -0.4 is 0 Å². The number of pyridine rings is 1. The van der Waals surface area contributed by atoms with Crippen molar-refractivity contribution in [2.45, 2.75) is 32.6 Å². The molecule has 98 valence electrons. The summed E-state index contributed by atoms with van der Waals surface area (Å²) in [6.45, 7) is 3.89. The summed E-state index contributed by atoms with van der Waals surface area (Å²) in [5.74, 6) is 0.775. The second-order valence-corrected chi connectivity index (χ2v) is 5.26. The predicted molar refractivity (Wildman–Crippen MR) is 72.8 cm³/mol. The van der Waals surface area contributed by atoms with Gasteiger partial charge in [-0.3, -0.25) is 9.78 Å². The normalized spacial score (nSPS) is 20.6. The van der Waals surface area contributed by atoms with E-state index in [0.717, 1.165) is 31.8 Å². The molecule has 1 atom stereocenters. The maximum atomic E-state index is 12.4. The number of amides is 1. The molecule has 1 aromatic rings. The minimum Gasteiger partial charge on any atom is -0.339 e. The van der Waals surface area contributed by atoms with Crippen molar-refractivity contribution >= 4 is 17.5 Å². The van der Waals surface area contributed by atoms with Gasteiger partial charge in [-0.25, -0.2) is 0 Å². The lowest BCUT2D eigenvalue weighted by molar-refractivity contribution is 0.0759. The third-order valence-corrected chi connectivity index (χ3v) is 4.04. The zero-order valence-electron chi connectivity index (χ0n) is 10.7. The molecule has 1 amide bonds. The largest absolute Gasteiger partial charge is 0.339 e. The Morgan fingerprint density at radius 2 is 2.33 bits per heavy atom. The fraction of sp³-hybridized carbons (Fsp3) is 0.571. The Bertz CT molecular complexity index is 422. The molecule has 1 aliphatic heterocycles. The summed E-state index contributed by atoms with van der Waals surface area (Å²) < 4.78 is 0. The van der Waals surface area contributed by atoms with E-state index in [4.69, 9.17) is 11.6 Å². The van der Waals surface area contributed by atoms with Gasteiger partial charge in [0, 0.05) is 25.5 Å². The molecular weight excluding hydrogens is 248 g/mol. The van der Waals surface area contributed by atoms with Crippen molar-refractivity contribution in [3.05, 3.63) is 29.0 Å². The zero-order valence-corrected chi connectivity index (χ0v) is 11.5. The Morgan fingerprint density at radius 3 is 3.06 bits per heavy atom. The van der Waals surface area contributed by atoms with Gasteiger partial charge in [-0.2, -0.15) is 0 Å². The summed E-state index contributed by atoms with van der Waals surface area (Å²) in [6, 6.07) is 1.67. The van der Waals surface area contributed by atoms with Gasteiger partial charge in [0.2, 0.25) is 0 Å². The standard InChI is InChI=1S/C14H19ClN2O/c1-2-11-4-3-8-17(9-6-11)14(18)12-10-16-7-5-13(12)15/h5,7,10-11H,2-4,6,8-9H2,1H3. The van der Waals surface area contributed by atoms with Crippen LogP contribution in [0.15, 0.2) is 18.5 Å². The van der Waals surface area contributed by atoms with Crippen LogP contribution in [0, 0.1) is 5.92 Å². The molecule has 3 nitrogen and oxygen atoms in total. The van der Waals surface area contributed by atoms with E-state index in [9.17, 15) is 4.79 Å². The Balaban J connectivity index is 2.08. The minimum atomic E-state index is 0.0184. The highest BCUT2D eigenvalue weighted by molar-refractivity contribution is 6.33. The average molecular weight is 267 g/mol. The fourth-order valence-corrected chi connectivity index (χ4v) is 2.67. The van der Waals surface area contributed by atoms with Crippen molar-refractivity contribution in [1.82, 2.24) is 9.88 Å². The summed E-state index contributed by atoms with van der Waals surface area (Å²) in [5.41, 5.74) is 0.522. The van der Waals surface area contributed by atoms with Crippen LogP contribution >= 0.6 is 11.6 Å². The summed E-state index contributed by atoms with van der Waals surface area (Å²) in [7, 11) is 0. The number of halogens is 1. The van der Waals surface area contributed by atoms with Gasteiger partial charge in [-0.05, 0) is 31.2 Å². The van der Waals surface area contributed by atoms with E-state index in [2.05, 4.69) is 11.9 Å². The second-order valence-electron chi connectivity index (χ2n) is 4.85. The molecule has 18 heavy (non-hydrogen) atoms. The van der Waals surface area contributed by atoms with Gasteiger partial charge in [0.25, 0.3) is 5.91 Å². The van der Waals surface area contributed by atoms with E-state index >= 15 is 0 Å². The molecule has 4 heteroatoms. The molecule has 2 heterocycles. The summed E-state index contributed by atoms with van der Waals surface area (Å²) >= 11 is 6.05. The number of likely N-dealkylation sites (tertiary alicyclic amines) is 1. The van der Waals surface area contributed by atoms with Gasteiger partial charge in [0.1, 0.15) is 0 Å². The quantitative estimate of drug-likeness (QED) is 0.822. The number of rotatable bonds is 2. The molecule has 0 radical (unpaired) electrons. The Morgan fingerprint density at radius 1 is 1.50 bits per heavy atom. The summed E-state index contributed by atoms with van der Waals surface area (Å²) in [4.78, 5) is 18.3. The van der Waals surface area contributed by atoms with Crippen LogP contribution in [0.4, 0.5) is 0 Å². The van der Waals surface area contributed by atoms with Crippen molar-refractivity contribution in [2.75, 3.05) is 13.1 Å². The van der Waals surface area contributed by atoms with E-state index in [-0.39, 0.29) is 5.91 Å². The Labute approximate surface area is 113 Å². The highest BCUT2D eigenvalue weighted by Crippen LogP contribution is 2.23. The first-order chi connectivity index (χ1) is 8.72. The van der Waals surface area contributed by atoms with Crippen molar-refractivity contribution in [1.29, 1.82) is 0 Å². The first-order valence-corrected chi connectivity index (χ1v) is 6.99. The SMILES string of the molecule is CCC1CCCN(C(=O)c2cnccc2Cl)CC1. The highest BCUT2D eigenvalue weighted by Gasteiger charge is 2.22. The van der Waals surface area contributed by atoms with Gasteiger partial charge in [-0.1, -0.05) is 24.9 Å². The maximum Gasteiger partial charge on any atom is 0.256 e. The van der Waals surface area contributed by atoms with Crippen LogP contribution in [0.5, 0.6) is 0 Å². The van der Waals surface area contributed by atoms with Crippen LogP contribution in [-0.4, -0.2) is 28.9 Å². The van der Waals surface area contributed by atoms with Gasteiger partial charge in [0.05, 0.1) is 10.6 Å². The van der Waals surface area contributed by atoms with Crippen molar-refractivity contribution in [2.24, 2.45) is 5.92 Å². The Kier molecular flexibility index (Phi) is 4.59. The third-order valence-electron chi connectivity index (χ3n) is 3.71. The van der Waals surface area contributed by atoms with E-state index in [1.165, 1.54) is 12.8 Å². The van der Waals surface area contributed by atoms with Crippen LogP contribution in [0.3, 0.4) is 0 Å². The molecule has 1 fully saturated rings. The molecule has 1 unspecified atom stereocenters. The first-order valence-electron chi connectivity index (χ1n) is 6.61. The monoisotopic (exact) mass is 266 g/mol. The molecule has 2 rings (SSSR count). The van der Waals surface area contributed by atoms with Crippen LogP contribution in [0.1, 0.15) is 43.0 Å². The lowest BCUT2D eigenvalue weighted by atomic mass is 9.98. The lowest BCUT2D eigenvalue weighted by Gasteiger charge is -2.20. The van der Waals surface area contributed by atoms with Crippen LogP contribution in [-0.2, 0) is 0 Å². The molecule has 0 spiro atoms. The van der Waals surface area contributed by atoms with E-state index < -0.39 is 0 Å². The molecule has 1 aromatic heterocycles. The van der Waals surface area contributed by atoms with Crippen molar-refractivity contribution in [3.8, 4) is 0 Å². The van der Waals surface area contributed by atoms with Gasteiger partial charge in [0.15, 0.2) is 0 Å². The lowest BCUT2D eigenvalue weighted by Crippen LogP contribution is -2.32. The second kappa shape index (κ2) is 6.19. The number of hydrogen-bond donors (Lipinski definition) is 0. The molecule has 0 N–H and O–H groups in total. The first kappa shape index (κ1) is 13.3. The third kappa shape index (κ3) is 3.02. The molecule has 1 aliphatic rings. The molecule has 0 aromatic carbocycles. The molecule has 0 saturated carbocycles. The summed E-state index contributed by atoms with van der Waals surface area (Å²) in [6.07, 6.45) is 7.78. The molecule has 0 bridgehead atoms. The van der Waals surface area contributed by atoms with Gasteiger partial charge < -0.3 is 4.90 Å². The maximum absolute atomic E-state index is 12.4. The molecule has 0 aliphatic carbocycles. The number of nitrogens with zero attached hydrogens (tertiary/aromatic N) is 2. The zero-order chi connectivity index (χ0) is 13.0. The smallest absolute Gasteiger partial charge is 0.256 e. The predicted octanol–water partition coefficient (Wildman–Crippen LogP) is 3.39. The number of hydrogen-bond acceptors (Lipinski definition) is 2. The molecular formula is C14H19ClN2O. The van der Waals surface area contributed by atoms with Crippen LogP contribution in [0.25, 0.3) is 0 Å². The number of carbonyl (C=O) groups excluding carboxylic acids is 1.